The highest BCUT2D eigenvalue weighted by Crippen LogP contribution is 2.20. The van der Waals surface area contributed by atoms with Crippen LogP contribution in [0.5, 0.6) is 0 Å². The number of H-pyrrole nitrogens is 1. The zero-order chi connectivity index (χ0) is 45.2. The zero-order valence-corrected chi connectivity index (χ0v) is 36.3. The molecule has 6 atom stereocenters. The van der Waals surface area contributed by atoms with E-state index in [0.717, 1.165) is 27.6 Å². The topological polar surface area (TPSA) is 256 Å². The number of nitrogens with one attached hydrogen (secondary N) is 6. The maximum absolute atomic E-state index is 14.6. The van der Waals surface area contributed by atoms with Crippen molar-refractivity contribution in [1.82, 2.24) is 31.6 Å². The van der Waals surface area contributed by atoms with Gasteiger partial charge in [0.2, 0.25) is 35.4 Å². The fourth-order valence-electron chi connectivity index (χ4n) is 7.28. The molecule has 0 spiro atoms. The number of nitrogens with two attached hydrogens (primary N) is 3. The second-order valence-corrected chi connectivity index (χ2v) is 16.8. The standard InChI is InChI=1S/C47H65N9O6/c1-29(2)23-37(42(50)57)52-44(59)38(24-30(3)4)54-47(62)41(27-33-28-51-36-21-12-11-19-34(33)36)56-46(61)40(26-32-17-9-6-10-18-32)55-45(60)39(25-31-15-7-5-8-16-31)53-43(58)35(49)20-13-14-22-48/h5-12,15-19,21,28-30,35,37-41,51H,13-14,20,22-27,48-49H2,1-4H3,(H2,50,57)(H,52,59)(H,53,58)(H,54,62)(H,55,60)(H,56,61)/t35-,37-,38-,39+,40-,41+/m0/s1. The Balaban J connectivity index is 1.66. The Morgan fingerprint density at radius 3 is 1.50 bits per heavy atom. The van der Waals surface area contributed by atoms with Gasteiger partial charge < -0.3 is 48.8 Å². The number of rotatable bonds is 25. The molecule has 12 N–H and O–H groups in total. The number of aromatic amines is 1. The highest BCUT2D eigenvalue weighted by Gasteiger charge is 2.34. The van der Waals surface area contributed by atoms with Gasteiger partial charge in [0.15, 0.2) is 0 Å². The van der Waals surface area contributed by atoms with Gasteiger partial charge in [0.1, 0.15) is 30.2 Å². The molecule has 0 aliphatic rings. The molecule has 0 radical (unpaired) electrons. The first-order valence-corrected chi connectivity index (χ1v) is 21.5. The van der Waals surface area contributed by atoms with Gasteiger partial charge in [-0.2, -0.15) is 0 Å². The van der Waals surface area contributed by atoms with E-state index in [4.69, 9.17) is 17.2 Å². The monoisotopic (exact) mass is 852 g/mol. The molecule has 6 amide bonds. The molecule has 0 saturated heterocycles. The van der Waals surface area contributed by atoms with Gasteiger partial charge in [-0.15, -0.1) is 0 Å². The molecule has 62 heavy (non-hydrogen) atoms. The molecular weight excluding hydrogens is 787 g/mol. The Kier molecular flexibility index (Phi) is 19.1. The van der Waals surface area contributed by atoms with E-state index in [2.05, 4.69) is 31.6 Å². The molecule has 1 aromatic heterocycles. The van der Waals surface area contributed by atoms with Crippen LogP contribution in [-0.4, -0.2) is 83.2 Å². The average Bonchev–Trinajstić information content (AvgIpc) is 3.65. The number of aromatic nitrogens is 1. The van der Waals surface area contributed by atoms with Crippen molar-refractivity contribution in [2.24, 2.45) is 29.0 Å². The van der Waals surface area contributed by atoms with Crippen LogP contribution in [0.2, 0.25) is 0 Å². The lowest BCUT2D eigenvalue weighted by Gasteiger charge is -2.28. The van der Waals surface area contributed by atoms with Crippen LogP contribution in [0.4, 0.5) is 0 Å². The predicted molar refractivity (Wildman–Crippen MR) is 241 cm³/mol. The van der Waals surface area contributed by atoms with Crippen molar-refractivity contribution in [3.63, 3.8) is 0 Å². The number of benzene rings is 3. The maximum atomic E-state index is 14.6. The molecule has 15 nitrogen and oxygen atoms in total. The molecule has 4 aromatic rings. The molecular formula is C47H65N9O6. The third kappa shape index (κ3) is 15.4. The van der Waals surface area contributed by atoms with Crippen LogP contribution in [0.1, 0.15) is 76.5 Å². The fourth-order valence-corrected chi connectivity index (χ4v) is 7.28. The van der Waals surface area contributed by atoms with Gasteiger partial charge in [-0.1, -0.05) is 113 Å². The molecule has 0 aliphatic carbocycles. The van der Waals surface area contributed by atoms with E-state index in [1.807, 2.05) is 113 Å². The summed E-state index contributed by atoms with van der Waals surface area (Å²) in [5.41, 5.74) is 20.6. The average molecular weight is 852 g/mol. The fraction of sp³-hybridized carbons (Fsp3) is 0.447. The number of fused-ring (bicyclic) bond motifs is 1. The van der Waals surface area contributed by atoms with Gasteiger partial charge in [-0.05, 0) is 66.8 Å². The van der Waals surface area contributed by atoms with E-state index in [-0.39, 0.29) is 37.5 Å². The van der Waals surface area contributed by atoms with Crippen molar-refractivity contribution in [2.75, 3.05) is 6.54 Å². The second-order valence-electron chi connectivity index (χ2n) is 16.8. The van der Waals surface area contributed by atoms with E-state index in [1.54, 1.807) is 6.20 Å². The number of primary amides is 1. The number of para-hydroxylation sites is 1. The summed E-state index contributed by atoms with van der Waals surface area (Å²) in [5, 5.41) is 15.0. The molecule has 0 aliphatic heterocycles. The van der Waals surface area contributed by atoms with Gasteiger partial charge >= 0.3 is 0 Å². The number of amides is 6. The van der Waals surface area contributed by atoms with Crippen LogP contribution in [0.15, 0.2) is 91.1 Å². The molecule has 334 valence electrons. The minimum atomic E-state index is -1.23. The third-order valence-corrected chi connectivity index (χ3v) is 10.6. The highest BCUT2D eigenvalue weighted by atomic mass is 16.2. The first kappa shape index (κ1) is 48.6. The molecule has 0 unspecified atom stereocenters. The smallest absolute Gasteiger partial charge is 0.243 e. The Labute approximate surface area is 364 Å². The summed E-state index contributed by atoms with van der Waals surface area (Å²) < 4.78 is 0. The summed E-state index contributed by atoms with van der Waals surface area (Å²) in [7, 11) is 0. The summed E-state index contributed by atoms with van der Waals surface area (Å²) in [5.74, 6) is -3.69. The summed E-state index contributed by atoms with van der Waals surface area (Å²) in [6.45, 7) is 8.07. The van der Waals surface area contributed by atoms with E-state index in [1.165, 1.54) is 0 Å². The predicted octanol–water partition coefficient (Wildman–Crippen LogP) is 2.65. The minimum absolute atomic E-state index is 0.0234. The maximum Gasteiger partial charge on any atom is 0.243 e. The normalized spacial score (nSPS) is 14.3. The first-order chi connectivity index (χ1) is 29.6. The van der Waals surface area contributed by atoms with Crippen LogP contribution in [0, 0.1) is 11.8 Å². The van der Waals surface area contributed by atoms with Crippen molar-refractivity contribution in [1.29, 1.82) is 0 Å². The molecule has 1 heterocycles. The van der Waals surface area contributed by atoms with Gasteiger partial charge in [0.05, 0.1) is 6.04 Å². The highest BCUT2D eigenvalue weighted by molar-refractivity contribution is 5.97. The quantitative estimate of drug-likeness (QED) is 0.0447. The van der Waals surface area contributed by atoms with Crippen LogP contribution in [0.3, 0.4) is 0 Å². The van der Waals surface area contributed by atoms with Gasteiger partial charge in [0, 0.05) is 36.4 Å². The van der Waals surface area contributed by atoms with E-state index >= 15 is 0 Å². The lowest BCUT2D eigenvalue weighted by atomic mass is 9.98. The van der Waals surface area contributed by atoms with Crippen molar-refractivity contribution >= 4 is 46.3 Å². The number of carbonyl (C=O) groups is 6. The van der Waals surface area contributed by atoms with E-state index in [9.17, 15) is 28.8 Å². The second kappa shape index (κ2) is 24.4. The van der Waals surface area contributed by atoms with Crippen LogP contribution in [0.25, 0.3) is 10.9 Å². The summed E-state index contributed by atoms with van der Waals surface area (Å²) in [6, 6.07) is 19.4. The Bertz CT molecular complexity index is 2070. The first-order valence-electron chi connectivity index (χ1n) is 21.5. The van der Waals surface area contributed by atoms with Crippen molar-refractivity contribution < 1.29 is 28.8 Å². The van der Waals surface area contributed by atoms with Crippen LogP contribution < -0.4 is 43.8 Å². The third-order valence-electron chi connectivity index (χ3n) is 10.6. The lowest BCUT2D eigenvalue weighted by molar-refractivity contribution is -0.135. The summed E-state index contributed by atoms with van der Waals surface area (Å²) >= 11 is 0. The lowest BCUT2D eigenvalue weighted by Crippen LogP contribution is -2.60. The molecule has 4 rings (SSSR count). The van der Waals surface area contributed by atoms with Crippen molar-refractivity contribution in [3.8, 4) is 0 Å². The van der Waals surface area contributed by atoms with Crippen molar-refractivity contribution in [3.05, 3.63) is 108 Å². The van der Waals surface area contributed by atoms with Crippen LogP contribution in [-0.2, 0) is 48.0 Å². The van der Waals surface area contributed by atoms with Gasteiger partial charge in [-0.25, -0.2) is 0 Å². The number of unbranched alkanes of at least 4 members (excludes halogenated alkanes) is 1. The zero-order valence-electron chi connectivity index (χ0n) is 36.3. The SMILES string of the molecule is CC(C)C[C@H](NC(=O)[C@H](CC(C)C)NC(=O)[C@@H](Cc1c[nH]c2ccccc12)NC(=O)[C@H](Cc1ccccc1)NC(=O)[C@@H](Cc1ccccc1)NC(=O)[C@@H](N)CCCCN)C(N)=O. The van der Waals surface area contributed by atoms with E-state index in [0.29, 0.717) is 32.2 Å². The minimum Gasteiger partial charge on any atom is -0.368 e. The van der Waals surface area contributed by atoms with Gasteiger partial charge in [-0.3, -0.25) is 28.8 Å². The summed E-state index contributed by atoms with van der Waals surface area (Å²) in [6.07, 6.45) is 4.22. The number of hydrogen-bond acceptors (Lipinski definition) is 8. The van der Waals surface area contributed by atoms with Gasteiger partial charge in [0.25, 0.3) is 0 Å². The van der Waals surface area contributed by atoms with Crippen LogP contribution >= 0.6 is 0 Å². The number of carbonyl (C=O) groups excluding carboxylic acids is 6. The Hall–Kier alpha value is -6.06. The molecule has 0 saturated carbocycles. The van der Waals surface area contributed by atoms with Crippen molar-refractivity contribution in [2.45, 2.75) is 115 Å². The largest absolute Gasteiger partial charge is 0.368 e. The Morgan fingerprint density at radius 1 is 0.548 bits per heavy atom. The number of hydrogen-bond donors (Lipinski definition) is 9. The molecule has 0 bridgehead atoms. The summed E-state index contributed by atoms with van der Waals surface area (Å²) in [4.78, 5) is 86.0. The Morgan fingerprint density at radius 2 is 0.984 bits per heavy atom. The molecule has 0 fully saturated rings. The van der Waals surface area contributed by atoms with E-state index < -0.39 is 71.7 Å². The molecule has 3 aromatic carbocycles. The molecule has 15 heteroatoms.